The number of fused-ring (bicyclic) bond motifs is 1. The fraction of sp³-hybridized carbons (Fsp3) is 0.167. The predicted octanol–water partition coefficient (Wildman–Crippen LogP) is 2.88. The third-order valence-corrected chi connectivity index (χ3v) is 4.03. The standard InChI is InChI=1S/C12H10ClN5OS/c1-2-6-3-4-20-8(6)11(19)18-12-16-9(13)7-10(17-12)15-5-14-7/h3-5H,2H2,1H3,(H2,14,15,16,17,18,19). The van der Waals surface area contributed by atoms with Gasteiger partial charge >= 0.3 is 0 Å². The molecule has 3 aromatic rings. The minimum absolute atomic E-state index is 0.148. The second-order valence-corrected chi connectivity index (χ2v) is 5.30. The van der Waals surface area contributed by atoms with Crippen LogP contribution in [0.1, 0.15) is 22.2 Å². The topological polar surface area (TPSA) is 83.6 Å². The molecule has 0 saturated carbocycles. The molecule has 20 heavy (non-hydrogen) atoms. The van der Waals surface area contributed by atoms with Gasteiger partial charge in [0.2, 0.25) is 5.95 Å². The van der Waals surface area contributed by atoms with E-state index in [-0.39, 0.29) is 17.0 Å². The van der Waals surface area contributed by atoms with E-state index in [1.54, 1.807) is 0 Å². The van der Waals surface area contributed by atoms with Crippen LogP contribution in [0.4, 0.5) is 5.95 Å². The molecule has 0 aliphatic heterocycles. The lowest BCUT2D eigenvalue weighted by molar-refractivity contribution is 0.102. The van der Waals surface area contributed by atoms with Crippen molar-refractivity contribution in [1.82, 2.24) is 19.9 Å². The monoisotopic (exact) mass is 307 g/mol. The number of aryl methyl sites for hydroxylation is 1. The highest BCUT2D eigenvalue weighted by Crippen LogP contribution is 2.21. The number of nitrogens with one attached hydrogen (secondary N) is 2. The number of hydrogen-bond acceptors (Lipinski definition) is 5. The lowest BCUT2D eigenvalue weighted by Gasteiger charge is -2.04. The Hall–Kier alpha value is -1.99. The number of imidazole rings is 1. The lowest BCUT2D eigenvalue weighted by atomic mass is 10.2. The summed E-state index contributed by atoms with van der Waals surface area (Å²) in [5.41, 5.74) is 1.97. The number of aromatic nitrogens is 4. The van der Waals surface area contributed by atoms with Crippen LogP contribution >= 0.6 is 22.9 Å². The van der Waals surface area contributed by atoms with E-state index >= 15 is 0 Å². The van der Waals surface area contributed by atoms with Crippen LogP contribution in [0.2, 0.25) is 5.15 Å². The molecule has 0 aromatic carbocycles. The number of carbonyl (C=O) groups is 1. The summed E-state index contributed by atoms with van der Waals surface area (Å²) in [5, 5.41) is 4.77. The molecular weight excluding hydrogens is 298 g/mol. The quantitative estimate of drug-likeness (QED) is 0.729. The molecule has 0 unspecified atom stereocenters. The van der Waals surface area contributed by atoms with Gasteiger partial charge in [-0.25, -0.2) is 4.98 Å². The Morgan fingerprint density at radius 2 is 2.35 bits per heavy atom. The summed E-state index contributed by atoms with van der Waals surface area (Å²) >= 11 is 7.39. The number of carbonyl (C=O) groups excluding carboxylic acids is 1. The average Bonchev–Trinajstić information content (AvgIpc) is 3.06. The number of amides is 1. The molecule has 1 amide bonds. The van der Waals surface area contributed by atoms with E-state index in [9.17, 15) is 4.79 Å². The molecular formula is C12H10ClN5OS. The second-order valence-electron chi connectivity index (χ2n) is 4.02. The van der Waals surface area contributed by atoms with Gasteiger partial charge in [-0.05, 0) is 23.4 Å². The van der Waals surface area contributed by atoms with Crippen molar-refractivity contribution < 1.29 is 4.79 Å². The van der Waals surface area contributed by atoms with Crippen molar-refractivity contribution in [3.05, 3.63) is 33.4 Å². The number of nitrogens with zero attached hydrogens (tertiary/aromatic N) is 3. The zero-order valence-corrected chi connectivity index (χ0v) is 12.0. The minimum atomic E-state index is -0.234. The van der Waals surface area contributed by atoms with Crippen molar-refractivity contribution in [2.24, 2.45) is 0 Å². The Bertz CT molecular complexity index is 781. The molecule has 3 heterocycles. The first-order chi connectivity index (χ1) is 9.69. The highest BCUT2D eigenvalue weighted by molar-refractivity contribution is 7.12. The molecule has 0 saturated heterocycles. The van der Waals surface area contributed by atoms with Crippen molar-refractivity contribution in [3.8, 4) is 0 Å². The Morgan fingerprint density at radius 3 is 3.15 bits per heavy atom. The number of thiophene rings is 1. The van der Waals surface area contributed by atoms with Crippen LogP contribution in [0.15, 0.2) is 17.8 Å². The number of halogens is 1. The van der Waals surface area contributed by atoms with Gasteiger partial charge in [0.05, 0.1) is 11.2 Å². The maximum atomic E-state index is 12.2. The maximum absolute atomic E-state index is 12.2. The van der Waals surface area contributed by atoms with Crippen molar-refractivity contribution in [2.45, 2.75) is 13.3 Å². The van der Waals surface area contributed by atoms with Gasteiger partial charge in [0.25, 0.3) is 5.91 Å². The first-order valence-corrected chi connectivity index (χ1v) is 7.19. The second kappa shape index (κ2) is 5.18. The SMILES string of the molecule is CCc1ccsc1C(=O)Nc1nc(Cl)c2[nH]cnc2n1. The van der Waals surface area contributed by atoms with Crippen LogP contribution < -0.4 is 5.32 Å². The normalized spacial score (nSPS) is 10.9. The molecule has 3 aromatic heterocycles. The molecule has 0 spiro atoms. The molecule has 0 atom stereocenters. The van der Waals surface area contributed by atoms with Crippen molar-refractivity contribution in [3.63, 3.8) is 0 Å². The van der Waals surface area contributed by atoms with E-state index < -0.39 is 0 Å². The fourth-order valence-electron chi connectivity index (χ4n) is 1.83. The number of H-pyrrole nitrogens is 1. The van der Waals surface area contributed by atoms with Gasteiger partial charge in [-0.1, -0.05) is 18.5 Å². The van der Waals surface area contributed by atoms with Crippen LogP contribution in [-0.4, -0.2) is 25.8 Å². The lowest BCUT2D eigenvalue weighted by Crippen LogP contribution is -2.14. The maximum Gasteiger partial charge on any atom is 0.268 e. The van der Waals surface area contributed by atoms with Crippen molar-refractivity contribution >= 4 is 46.0 Å². The fourth-order valence-corrected chi connectivity index (χ4v) is 2.93. The van der Waals surface area contributed by atoms with Gasteiger partial charge in [-0.3, -0.25) is 10.1 Å². The molecule has 8 heteroatoms. The first-order valence-electron chi connectivity index (χ1n) is 5.93. The molecule has 0 fully saturated rings. The first kappa shape index (κ1) is 13.0. The summed E-state index contributed by atoms with van der Waals surface area (Å²) < 4.78 is 0. The van der Waals surface area contributed by atoms with Gasteiger partial charge in [0.1, 0.15) is 5.52 Å². The molecule has 0 aliphatic rings. The summed E-state index contributed by atoms with van der Waals surface area (Å²) in [6, 6.07) is 1.93. The third-order valence-electron chi connectivity index (χ3n) is 2.80. The summed E-state index contributed by atoms with van der Waals surface area (Å²) in [4.78, 5) is 27.9. The zero-order chi connectivity index (χ0) is 14.1. The zero-order valence-electron chi connectivity index (χ0n) is 10.5. The molecule has 2 N–H and O–H groups in total. The van der Waals surface area contributed by atoms with Crippen LogP contribution in [0, 0.1) is 0 Å². The Labute approximate surface area is 123 Å². The molecule has 3 rings (SSSR count). The summed E-state index contributed by atoms with van der Waals surface area (Å²) in [6.45, 7) is 2.00. The van der Waals surface area contributed by atoms with E-state index in [1.165, 1.54) is 17.7 Å². The van der Waals surface area contributed by atoms with Crippen molar-refractivity contribution in [2.75, 3.05) is 5.32 Å². The number of anilines is 1. The summed E-state index contributed by atoms with van der Waals surface area (Å²) in [6.07, 6.45) is 2.28. The molecule has 102 valence electrons. The minimum Gasteiger partial charge on any atom is -0.341 e. The molecule has 0 aliphatic carbocycles. The predicted molar refractivity (Wildman–Crippen MR) is 78.3 cm³/mol. The van der Waals surface area contributed by atoms with Crippen molar-refractivity contribution in [1.29, 1.82) is 0 Å². The summed E-state index contributed by atoms with van der Waals surface area (Å²) in [7, 11) is 0. The van der Waals surface area contributed by atoms with Crippen LogP contribution in [0.3, 0.4) is 0 Å². The van der Waals surface area contributed by atoms with Gasteiger partial charge < -0.3 is 4.98 Å². The average molecular weight is 308 g/mol. The molecule has 6 nitrogen and oxygen atoms in total. The summed E-state index contributed by atoms with van der Waals surface area (Å²) in [5.74, 6) is -0.0853. The third kappa shape index (κ3) is 2.25. The van der Waals surface area contributed by atoms with Gasteiger partial charge in [0.15, 0.2) is 10.8 Å². The molecule has 0 radical (unpaired) electrons. The number of rotatable bonds is 3. The Balaban J connectivity index is 1.91. The highest BCUT2D eigenvalue weighted by Gasteiger charge is 2.15. The number of aromatic amines is 1. The number of hydrogen-bond donors (Lipinski definition) is 2. The van der Waals surface area contributed by atoms with Crippen LogP contribution in [-0.2, 0) is 6.42 Å². The Morgan fingerprint density at radius 1 is 1.50 bits per heavy atom. The van der Waals surface area contributed by atoms with Gasteiger partial charge in [0, 0.05) is 0 Å². The van der Waals surface area contributed by atoms with E-state index in [4.69, 9.17) is 11.6 Å². The molecule has 0 bridgehead atoms. The van der Waals surface area contributed by atoms with Gasteiger partial charge in [-0.2, -0.15) is 9.97 Å². The highest BCUT2D eigenvalue weighted by atomic mass is 35.5. The van der Waals surface area contributed by atoms with E-state index in [2.05, 4.69) is 25.3 Å². The van der Waals surface area contributed by atoms with E-state index in [0.29, 0.717) is 16.0 Å². The van der Waals surface area contributed by atoms with Crippen LogP contribution in [0.5, 0.6) is 0 Å². The van der Waals surface area contributed by atoms with E-state index in [0.717, 1.165) is 12.0 Å². The largest absolute Gasteiger partial charge is 0.341 e. The van der Waals surface area contributed by atoms with Gasteiger partial charge in [-0.15, -0.1) is 11.3 Å². The van der Waals surface area contributed by atoms with Crippen LogP contribution in [0.25, 0.3) is 11.2 Å². The Kier molecular flexibility index (Phi) is 3.37. The van der Waals surface area contributed by atoms with E-state index in [1.807, 2.05) is 18.4 Å². The smallest absolute Gasteiger partial charge is 0.268 e.